The number of amides is 2. The second-order valence-electron chi connectivity index (χ2n) is 6.48. The summed E-state index contributed by atoms with van der Waals surface area (Å²) < 4.78 is 12.9. The van der Waals surface area contributed by atoms with Crippen LogP contribution in [0, 0.1) is 19.7 Å². The molecule has 0 spiro atoms. The molecule has 1 N–H and O–H groups in total. The zero-order valence-corrected chi connectivity index (χ0v) is 16.0. The van der Waals surface area contributed by atoms with Crippen LogP contribution in [0.3, 0.4) is 0 Å². The molecule has 1 saturated heterocycles. The molecule has 1 aliphatic heterocycles. The maximum Gasteiger partial charge on any atom is 0.317 e. The van der Waals surface area contributed by atoms with E-state index in [-0.39, 0.29) is 24.3 Å². The van der Waals surface area contributed by atoms with Gasteiger partial charge in [-0.3, -0.25) is 0 Å². The van der Waals surface area contributed by atoms with E-state index in [1.807, 2.05) is 4.90 Å². The van der Waals surface area contributed by atoms with Crippen molar-refractivity contribution < 1.29 is 9.18 Å². The van der Waals surface area contributed by atoms with Crippen molar-refractivity contribution in [2.45, 2.75) is 20.4 Å². The van der Waals surface area contributed by atoms with Crippen molar-refractivity contribution >= 4 is 24.1 Å². The Bertz CT molecular complexity index is 743. The smallest absolute Gasteiger partial charge is 0.317 e. The van der Waals surface area contributed by atoms with Crippen LogP contribution in [0.15, 0.2) is 42.5 Å². The minimum absolute atomic E-state index is 0. The molecule has 3 rings (SSSR count). The molecule has 6 heteroatoms. The molecule has 1 heterocycles. The highest BCUT2D eigenvalue weighted by Crippen LogP contribution is 2.23. The first-order valence-corrected chi connectivity index (χ1v) is 8.63. The number of halogens is 2. The van der Waals surface area contributed by atoms with Crippen molar-refractivity contribution in [3.8, 4) is 0 Å². The first-order valence-electron chi connectivity index (χ1n) is 8.63. The predicted molar refractivity (Wildman–Crippen MR) is 106 cm³/mol. The fourth-order valence-electron chi connectivity index (χ4n) is 3.12. The van der Waals surface area contributed by atoms with Crippen LogP contribution in [0.25, 0.3) is 0 Å². The average Bonchev–Trinajstić information content (AvgIpc) is 2.63. The molecular formula is C20H25ClFN3O. The van der Waals surface area contributed by atoms with Gasteiger partial charge < -0.3 is 15.1 Å². The molecule has 0 atom stereocenters. The van der Waals surface area contributed by atoms with E-state index in [2.05, 4.69) is 42.3 Å². The van der Waals surface area contributed by atoms with Crippen LogP contribution in [0.5, 0.6) is 0 Å². The number of anilines is 1. The molecular weight excluding hydrogens is 353 g/mol. The van der Waals surface area contributed by atoms with Gasteiger partial charge in [0.25, 0.3) is 0 Å². The van der Waals surface area contributed by atoms with Crippen LogP contribution in [0.4, 0.5) is 14.9 Å². The lowest BCUT2D eigenvalue weighted by Gasteiger charge is -2.37. The molecule has 0 unspecified atom stereocenters. The summed E-state index contributed by atoms with van der Waals surface area (Å²) >= 11 is 0. The topological polar surface area (TPSA) is 35.6 Å². The number of carbonyl (C=O) groups is 1. The number of nitrogens with one attached hydrogen (secondary N) is 1. The molecule has 0 saturated carbocycles. The van der Waals surface area contributed by atoms with Crippen LogP contribution in [0.2, 0.25) is 0 Å². The second kappa shape index (κ2) is 8.90. The van der Waals surface area contributed by atoms with Crippen LogP contribution >= 0.6 is 12.4 Å². The van der Waals surface area contributed by atoms with Gasteiger partial charge in [0.2, 0.25) is 0 Å². The van der Waals surface area contributed by atoms with Gasteiger partial charge in [-0.15, -0.1) is 12.4 Å². The quantitative estimate of drug-likeness (QED) is 0.880. The van der Waals surface area contributed by atoms with Crippen LogP contribution in [-0.2, 0) is 6.54 Å². The van der Waals surface area contributed by atoms with E-state index in [9.17, 15) is 9.18 Å². The fraction of sp³-hybridized carbons (Fsp3) is 0.350. The lowest BCUT2D eigenvalue weighted by molar-refractivity contribution is 0.194. The summed E-state index contributed by atoms with van der Waals surface area (Å²) in [6.45, 7) is 7.73. The number of nitrogens with zero attached hydrogens (tertiary/aromatic N) is 2. The Morgan fingerprint density at radius 2 is 1.69 bits per heavy atom. The molecule has 0 aliphatic carbocycles. The molecule has 2 aromatic carbocycles. The van der Waals surface area contributed by atoms with Crippen molar-refractivity contribution in [1.82, 2.24) is 10.2 Å². The van der Waals surface area contributed by atoms with Crippen LogP contribution in [0.1, 0.15) is 16.7 Å². The van der Waals surface area contributed by atoms with Gasteiger partial charge >= 0.3 is 6.03 Å². The number of hydrogen-bond acceptors (Lipinski definition) is 2. The largest absolute Gasteiger partial charge is 0.368 e. The first-order chi connectivity index (χ1) is 12.0. The van der Waals surface area contributed by atoms with Crippen molar-refractivity contribution in [3.63, 3.8) is 0 Å². The Morgan fingerprint density at radius 3 is 2.35 bits per heavy atom. The molecule has 4 nitrogen and oxygen atoms in total. The van der Waals surface area contributed by atoms with E-state index in [0.29, 0.717) is 19.6 Å². The van der Waals surface area contributed by atoms with E-state index < -0.39 is 0 Å². The van der Waals surface area contributed by atoms with Crippen molar-refractivity contribution in [1.29, 1.82) is 0 Å². The van der Waals surface area contributed by atoms with Gasteiger partial charge in [0, 0.05) is 38.4 Å². The third-order valence-electron chi connectivity index (χ3n) is 4.84. The minimum Gasteiger partial charge on any atom is -0.368 e. The molecule has 1 aliphatic rings. The van der Waals surface area contributed by atoms with Gasteiger partial charge in [-0.25, -0.2) is 9.18 Å². The Morgan fingerprint density at radius 1 is 1.04 bits per heavy atom. The van der Waals surface area contributed by atoms with Crippen LogP contribution in [-0.4, -0.2) is 37.1 Å². The van der Waals surface area contributed by atoms with Crippen molar-refractivity contribution in [2.24, 2.45) is 0 Å². The highest BCUT2D eigenvalue weighted by molar-refractivity contribution is 5.85. The second-order valence-corrected chi connectivity index (χ2v) is 6.48. The van der Waals surface area contributed by atoms with Crippen molar-refractivity contribution in [2.75, 3.05) is 31.1 Å². The number of benzene rings is 2. The summed E-state index contributed by atoms with van der Waals surface area (Å²) in [5, 5.41) is 2.91. The summed E-state index contributed by atoms with van der Waals surface area (Å²) in [6.07, 6.45) is 0. The molecule has 0 radical (unpaired) electrons. The van der Waals surface area contributed by atoms with Crippen LogP contribution < -0.4 is 10.2 Å². The predicted octanol–water partition coefficient (Wildman–Crippen LogP) is 3.90. The molecule has 140 valence electrons. The number of carbonyl (C=O) groups excluding carboxylic acids is 1. The number of piperazine rings is 1. The summed E-state index contributed by atoms with van der Waals surface area (Å²) in [5.74, 6) is -0.266. The van der Waals surface area contributed by atoms with Crippen molar-refractivity contribution in [3.05, 3.63) is 65.0 Å². The van der Waals surface area contributed by atoms with Gasteiger partial charge in [0.05, 0.1) is 0 Å². The molecule has 2 aromatic rings. The van der Waals surface area contributed by atoms with Gasteiger partial charge in [-0.2, -0.15) is 0 Å². The van der Waals surface area contributed by atoms with E-state index in [0.717, 1.165) is 18.7 Å². The van der Waals surface area contributed by atoms with E-state index in [1.165, 1.54) is 28.9 Å². The Labute approximate surface area is 160 Å². The summed E-state index contributed by atoms with van der Waals surface area (Å²) in [5.41, 5.74) is 4.74. The number of rotatable bonds is 3. The molecule has 0 bridgehead atoms. The normalized spacial score (nSPS) is 14.0. The standard InChI is InChI=1S/C20H24FN3O.ClH/c1-15-4-3-5-19(16(15)2)23-10-12-24(13-11-23)20(25)22-14-17-6-8-18(21)9-7-17;/h3-9H,10-14H2,1-2H3,(H,22,25);1H. The Hall–Kier alpha value is -2.27. The third kappa shape index (κ3) is 4.67. The van der Waals surface area contributed by atoms with Gasteiger partial charge in [0.1, 0.15) is 5.82 Å². The lowest BCUT2D eigenvalue weighted by Crippen LogP contribution is -2.51. The summed E-state index contributed by atoms with van der Waals surface area (Å²) in [7, 11) is 0. The zero-order valence-electron chi connectivity index (χ0n) is 15.2. The molecule has 2 amide bonds. The maximum atomic E-state index is 12.9. The average molecular weight is 378 g/mol. The lowest BCUT2D eigenvalue weighted by atomic mass is 10.1. The summed E-state index contributed by atoms with van der Waals surface area (Å²) in [6, 6.07) is 12.5. The summed E-state index contributed by atoms with van der Waals surface area (Å²) in [4.78, 5) is 16.5. The fourth-order valence-corrected chi connectivity index (χ4v) is 3.12. The first kappa shape index (κ1) is 20.0. The molecule has 1 fully saturated rings. The molecule has 26 heavy (non-hydrogen) atoms. The third-order valence-corrected chi connectivity index (χ3v) is 4.84. The Balaban J connectivity index is 0.00000243. The highest BCUT2D eigenvalue weighted by atomic mass is 35.5. The van der Waals surface area contributed by atoms with Gasteiger partial charge in [-0.05, 0) is 48.7 Å². The zero-order chi connectivity index (χ0) is 17.8. The number of aryl methyl sites for hydroxylation is 1. The highest BCUT2D eigenvalue weighted by Gasteiger charge is 2.22. The number of hydrogen-bond donors (Lipinski definition) is 1. The minimum atomic E-state index is -0.266. The van der Waals surface area contributed by atoms with E-state index in [1.54, 1.807) is 12.1 Å². The van der Waals surface area contributed by atoms with Gasteiger partial charge in [0.15, 0.2) is 0 Å². The van der Waals surface area contributed by atoms with E-state index >= 15 is 0 Å². The monoisotopic (exact) mass is 377 g/mol. The number of urea groups is 1. The maximum absolute atomic E-state index is 12.9. The Kier molecular flexibility index (Phi) is 6.86. The van der Waals surface area contributed by atoms with E-state index in [4.69, 9.17) is 0 Å². The SMILES string of the molecule is Cc1cccc(N2CCN(C(=O)NCc3ccc(F)cc3)CC2)c1C.Cl. The molecule has 0 aromatic heterocycles. The van der Waals surface area contributed by atoms with Gasteiger partial charge in [-0.1, -0.05) is 24.3 Å².